The molecule has 3 aromatic rings. The minimum Gasteiger partial charge on any atom is -0.359 e. The van der Waals surface area contributed by atoms with Crippen molar-refractivity contribution < 1.29 is 9.59 Å². The molecule has 4 rings (SSSR count). The summed E-state index contributed by atoms with van der Waals surface area (Å²) in [4.78, 5) is 35.4. The van der Waals surface area contributed by atoms with E-state index < -0.39 is 0 Å². The Morgan fingerprint density at radius 2 is 2.14 bits per heavy atom. The van der Waals surface area contributed by atoms with Crippen LogP contribution in [0.3, 0.4) is 0 Å². The molecule has 9 heteroatoms. The topological polar surface area (TPSA) is 87.2 Å². The molecule has 7 nitrogen and oxygen atoms in total. The molecule has 0 bridgehead atoms. The number of halogens is 1. The average Bonchev–Trinajstić information content (AvgIpc) is 3.14. The molecule has 3 heterocycles. The Hall–Kier alpha value is -2.97. The van der Waals surface area contributed by atoms with E-state index in [1.54, 1.807) is 23.1 Å². The minimum atomic E-state index is -0.268. The number of benzene rings is 1. The van der Waals surface area contributed by atoms with Crippen molar-refractivity contribution >= 4 is 46.3 Å². The van der Waals surface area contributed by atoms with Gasteiger partial charge in [0.2, 0.25) is 5.91 Å². The van der Waals surface area contributed by atoms with Crippen molar-refractivity contribution in [2.24, 2.45) is 0 Å². The van der Waals surface area contributed by atoms with Crippen LogP contribution >= 0.6 is 22.9 Å². The van der Waals surface area contributed by atoms with Crippen LogP contribution in [0.5, 0.6) is 0 Å². The van der Waals surface area contributed by atoms with Gasteiger partial charge in [0, 0.05) is 16.6 Å². The van der Waals surface area contributed by atoms with Crippen molar-refractivity contribution in [2.45, 2.75) is 20.0 Å². The summed E-state index contributed by atoms with van der Waals surface area (Å²) in [6.45, 7) is 2.78. The van der Waals surface area contributed by atoms with Crippen molar-refractivity contribution in [2.75, 3.05) is 16.8 Å². The van der Waals surface area contributed by atoms with Crippen LogP contribution in [0.25, 0.3) is 0 Å². The Bertz CT molecular complexity index is 1070. The molecular formula is C20H18ClN5O2S. The van der Waals surface area contributed by atoms with E-state index in [0.717, 1.165) is 16.3 Å². The number of anilines is 2. The number of hydrogen-bond donors (Lipinski definition) is 2. The lowest BCUT2D eigenvalue weighted by Crippen LogP contribution is -2.40. The Labute approximate surface area is 176 Å². The Balaban J connectivity index is 1.54. The first-order chi connectivity index (χ1) is 14.0. The van der Waals surface area contributed by atoms with Crippen LogP contribution in [0.2, 0.25) is 5.02 Å². The van der Waals surface area contributed by atoms with Crippen molar-refractivity contribution in [3.8, 4) is 0 Å². The second kappa shape index (κ2) is 8.18. The van der Waals surface area contributed by atoms with Gasteiger partial charge in [-0.1, -0.05) is 23.7 Å². The van der Waals surface area contributed by atoms with Crippen LogP contribution in [-0.4, -0.2) is 28.3 Å². The van der Waals surface area contributed by atoms with Crippen LogP contribution in [0.4, 0.5) is 11.5 Å². The summed E-state index contributed by atoms with van der Waals surface area (Å²) >= 11 is 7.48. The van der Waals surface area contributed by atoms with Gasteiger partial charge in [-0.15, -0.1) is 11.3 Å². The molecular weight excluding hydrogens is 410 g/mol. The van der Waals surface area contributed by atoms with Crippen molar-refractivity contribution in [3.05, 3.63) is 68.8 Å². The highest BCUT2D eigenvalue weighted by atomic mass is 35.5. The lowest BCUT2D eigenvalue weighted by molar-refractivity contribution is -0.117. The molecule has 0 saturated carbocycles. The number of rotatable bonds is 5. The van der Waals surface area contributed by atoms with E-state index >= 15 is 0 Å². The number of nitrogens with zero attached hydrogens (tertiary/aromatic N) is 3. The molecule has 1 aromatic carbocycles. The van der Waals surface area contributed by atoms with Crippen LogP contribution in [0.1, 0.15) is 26.6 Å². The zero-order valence-corrected chi connectivity index (χ0v) is 17.2. The smallest absolute Gasteiger partial charge is 0.253 e. The first-order valence-electron chi connectivity index (χ1n) is 8.97. The lowest BCUT2D eigenvalue weighted by Gasteiger charge is -2.29. The summed E-state index contributed by atoms with van der Waals surface area (Å²) in [5.74, 6) is 0.213. The van der Waals surface area contributed by atoms with Crippen molar-refractivity contribution in [1.29, 1.82) is 0 Å². The number of carbonyl (C=O) groups excluding carboxylic acids is 2. The summed E-state index contributed by atoms with van der Waals surface area (Å²) < 4.78 is 0. The highest BCUT2D eigenvalue weighted by Gasteiger charge is 2.26. The van der Waals surface area contributed by atoms with Gasteiger partial charge in [-0.3, -0.25) is 9.59 Å². The third-order valence-corrected chi connectivity index (χ3v) is 5.55. The van der Waals surface area contributed by atoms with E-state index in [1.807, 2.05) is 24.4 Å². The fourth-order valence-corrected chi connectivity index (χ4v) is 3.76. The number of aromatic nitrogens is 2. The molecule has 0 radical (unpaired) electrons. The number of fused-ring (bicyclic) bond motifs is 1. The minimum absolute atomic E-state index is 0.0928. The maximum absolute atomic E-state index is 12.6. The molecule has 0 aliphatic carbocycles. The molecule has 2 aromatic heterocycles. The lowest BCUT2D eigenvalue weighted by atomic mass is 10.1. The summed E-state index contributed by atoms with van der Waals surface area (Å²) in [6, 6.07) is 9.00. The highest BCUT2D eigenvalue weighted by Crippen LogP contribution is 2.30. The molecule has 2 amide bonds. The number of amides is 2. The van der Waals surface area contributed by atoms with Gasteiger partial charge >= 0.3 is 0 Å². The van der Waals surface area contributed by atoms with Crippen molar-refractivity contribution in [1.82, 2.24) is 15.3 Å². The molecule has 0 fully saturated rings. The molecule has 1 aliphatic rings. The molecule has 0 spiro atoms. The quantitative estimate of drug-likeness (QED) is 0.651. The van der Waals surface area contributed by atoms with Crippen LogP contribution in [0, 0.1) is 6.92 Å². The normalized spacial score (nSPS) is 13.0. The van der Waals surface area contributed by atoms with Gasteiger partial charge in [-0.05, 0) is 30.7 Å². The van der Waals surface area contributed by atoms with Crippen LogP contribution < -0.4 is 15.5 Å². The first kappa shape index (κ1) is 19.4. The number of nitrogens with one attached hydrogen (secondary N) is 2. The Morgan fingerprint density at radius 3 is 2.86 bits per heavy atom. The monoisotopic (exact) mass is 427 g/mol. The summed E-state index contributed by atoms with van der Waals surface area (Å²) in [7, 11) is 0. The molecule has 0 unspecified atom stereocenters. The van der Waals surface area contributed by atoms with E-state index in [4.69, 9.17) is 11.6 Å². The van der Waals surface area contributed by atoms with Gasteiger partial charge in [-0.25, -0.2) is 9.97 Å². The standard InChI is InChI=1S/C20H18ClN5O2S/c1-12-25-16(11-29-12)8-24-20(28)14-6-17-19(22-7-14)23-9-18(27)26(17)10-13-2-4-15(21)5-3-13/h2-7,11H,8-10H2,1H3,(H,22,23)(H,24,28). The SMILES string of the molecule is Cc1nc(CNC(=O)c2cnc3c(c2)N(Cc2ccc(Cl)cc2)C(=O)CN3)cs1. The third kappa shape index (κ3) is 4.38. The van der Waals surface area contributed by atoms with Gasteiger partial charge in [0.25, 0.3) is 5.91 Å². The van der Waals surface area contributed by atoms with Gasteiger partial charge in [-0.2, -0.15) is 0 Å². The Morgan fingerprint density at radius 1 is 1.34 bits per heavy atom. The zero-order chi connectivity index (χ0) is 20.4. The molecule has 1 aliphatic heterocycles. The fourth-order valence-electron chi connectivity index (χ4n) is 3.02. The first-order valence-corrected chi connectivity index (χ1v) is 10.2. The summed E-state index contributed by atoms with van der Waals surface area (Å²) in [6.07, 6.45) is 1.50. The number of thiazole rings is 1. The fraction of sp³-hybridized carbons (Fsp3) is 0.200. The van der Waals surface area contributed by atoms with E-state index in [1.165, 1.54) is 17.5 Å². The van der Waals surface area contributed by atoms with E-state index in [2.05, 4.69) is 20.6 Å². The second-order valence-electron chi connectivity index (χ2n) is 6.59. The van der Waals surface area contributed by atoms with Gasteiger partial charge < -0.3 is 15.5 Å². The molecule has 0 atom stereocenters. The molecule has 148 valence electrons. The highest BCUT2D eigenvalue weighted by molar-refractivity contribution is 7.09. The summed E-state index contributed by atoms with van der Waals surface area (Å²) in [5.41, 5.74) is 2.71. The predicted octanol–water partition coefficient (Wildman–Crippen LogP) is 3.39. The molecule has 0 saturated heterocycles. The zero-order valence-electron chi connectivity index (χ0n) is 15.6. The molecule has 29 heavy (non-hydrogen) atoms. The van der Waals surface area contributed by atoms with E-state index in [9.17, 15) is 9.59 Å². The predicted molar refractivity (Wildman–Crippen MR) is 113 cm³/mol. The molecule has 2 N–H and O–H groups in total. The number of hydrogen-bond acceptors (Lipinski definition) is 6. The third-order valence-electron chi connectivity index (χ3n) is 4.48. The van der Waals surface area contributed by atoms with Crippen molar-refractivity contribution in [3.63, 3.8) is 0 Å². The largest absolute Gasteiger partial charge is 0.359 e. The summed E-state index contributed by atoms with van der Waals surface area (Å²) in [5, 5.41) is 9.35. The maximum Gasteiger partial charge on any atom is 0.253 e. The number of aryl methyl sites for hydroxylation is 1. The van der Waals surface area contributed by atoms with Gasteiger partial charge in [0.15, 0.2) is 5.82 Å². The second-order valence-corrected chi connectivity index (χ2v) is 8.09. The van der Waals surface area contributed by atoms with E-state index in [0.29, 0.717) is 35.2 Å². The number of carbonyl (C=O) groups is 2. The van der Waals surface area contributed by atoms with Gasteiger partial charge in [0.05, 0.1) is 41.6 Å². The van der Waals surface area contributed by atoms with E-state index in [-0.39, 0.29) is 18.4 Å². The Kier molecular flexibility index (Phi) is 5.46. The van der Waals surface area contributed by atoms with Gasteiger partial charge in [0.1, 0.15) is 0 Å². The van der Waals surface area contributed by atoms with Crippen LogP contribution in [-0.2, 0) is 17.9 Å². The number of pyridine rings is 1. The maximum atomic E-state index is 12.6. The van der Waals surface area contributed by atoms with Crippen LogP contribution in [0.15, 0.2) is 41.9 Å². The average molecular weight is 428 g/mol.